The molecule has 0 aromatic carbocycles. The van der Waals surface area contributed by atoms with Crippen LogP contribution in [0.1, 0.15) is 29.1 Å². The van der Waals surface area contributed by atoms with E-state index in [4.69, 9.17) is 4.42 Å². The SMILES string of the molecule is CCNCc1ccc(S(=O)(=O)NCc2nc(C)c(C)o2)s1. The molecule has 0 aliphatic rings. The number of aromatic nitrogens is 1. The molecule has 0 fully saturated rings. The minimum absolute atomic E-state index is 0.0530. The lowest BCUT2D eigenvalue weighted by molar-refractivity contribution is 0.463. The maximum Gasteiger partial charge on any atom is 0.250 e. The standard InChI is InChI=1S/C13H19N3O3S2/c1-4-14-7-11-5-6-13(20-11)21(17,18)15-8-12-16-9(2)10(3)19-12/h5-6,14-15H,4,7-8H2,1-3H3. The van der Waals surface area contributed by atoms with Crippen molar-refractivity contribution in [3.05, 3.63) is 34.4 Å². The van der Waals surface area contributed by atoms with Gasteiger partial charge in [0.15, 0.2) is 0 Å². The van der Waals surface area contributed by atoms with E-state index in [1.807, 2.05) is 19.9 Å². The van der Waals surface area contributed by atoms with E-state index < -0.39 is 10.0 Å². The maximum absolute atomic E-state index is 12.2. The van der Waals surface area contributed by atoms with Crippen molar-refractivity contribution in [3.8, 4) is 0 Å². The van der Waals surface area contributed by atoms with Gasteiger partial charge in [0, 0.05) is 11.4 Å². The molecule has 0 saturated heterocycles. The average Bonchev–Trinajstić information content (AvgIpc) is 3.03. The molecule has 2 N–H and O–H groups in total. The summed E-state index contributed by atoms with van der Waals surface area (Å²) in [5, 5.41) is 3.17. The molecule has 2 heterocycles. The zero-order valence-corrected chi connectivity index (χ0v) is 13.9. The Morgan fingerprint density at radius 3 is 2.67 bits per heavy atom. The van der Waals surface area contributed by atoms with Gasteiger partial charge < -0.3 is 9.73 Å². The summed E-state index contributed by atoms with van der Waals surface area (Å²) in [4.78, 5) is 5.14. The first-order chi connectivity index (χ1) is 9.92. The Balaban J connectivity index is 2.02. The molecule has 0 atom stereocenters. The topological polar surface area (TPSA) is 84.2 Å². The quantitative estimate of drug-likeness (QED) is 0.811. The molecule has 116 valence electrons. The molecule has 0 unspecified atom stereocenters. The Morgan fingerprint density at radius 1 is 1.29 bits per heavy atom. The zero-order valence-electron chi connectivity index (χ0n) is 12.3. The van der Waals surface area contributed by atoms with Crippen LogP contribution in [0.3, 0.4) is 0 Å². The summed E-state index contributed by atoms with van der Waals surface area (Å²) in [6, 6.07) is 3.44. The first-order valence-corrected chi connectivity index (χ1v) is 8.94. The van der Waals surface area contributed by atoms with Gasteiger partial charge in [-0.25, -0.2) is 18.1 Å². The van der Waals surface area contributed by atoms with Crippen molar-refractivity contribution in [2.45, 2.75) is 38.1 Å². The smallest absolute Gasteiger partial charge is 0.250 e. The van der Waals surface area contributed by atoms with E-state index in [2.05, 4.69) is 15.0 Å². The summed E-state index contributed by atoms with van der Waals surface area (Å²) in [6.07, 6.45) is 0. The van der Waals surface area contributed by atoms with Gasteiger partial charge in [-0.1, -0.05) is 6.92 Å². The maximum atomic E-state index is 12.2. The number of nitrogens with zero attached hydrogens (tertiary/aromatic N) is 1. The molecule has 8 heteroatoms. The van der Waals surface area contributed by atoms with Crippen LogP contribution >= 0.6 is 11.3 Å². The minimum Gasteiger partial charge on any atom is -0.444 e. The molecule has 2 aromatic heterocycles. The van der Waals surface area contributed by atoms with Gasteiger partial charge in [0.05, 0.1) is 12.2 Å². The van der Waals surface area contributed by atoms with E-state index in [0.29, 0.717) is 22.4 Å². The summed E-state index contributed by atoms with van der Waals surface area (Å²) >= 11 is 1.26. The Hall–Kier alpha value is -1.22. The fourth-order valence-electron chi connectivity index (χ4n) is 1.69. The summed E-state index contributed by atoms with van der Waals surface area (Å²) in [5.74, 6) is 1.08. The molecule has 0 aliphatic heterocycles. The van der Waals surface area contributed by atoms with Gasteiger partial charge in [0.1, 0.15) is 9.97 Å². The van der Waals surface area contributed by atoms with Crippen molar-refractivity contribution in [2.75, 3.05) is 6.54 Å². The Morgan fingerprint density at radius 2 is 2.05 bits per heavy atom. The van der Waals surface area contributed by atoms with Crippen LogP contribution in [0.5, 0.6) is 0 Å². The molecule has 21 heavy (non-hydrogen) atoms. The van der Waals surface area contributed by atoms with Gasteiger partial charge >= 0.3 is 0 Å². The number of aryl methyl sites for hydroxylation is 2. The summed E-state index contributed by atoms with van der Waals surface area (Å²) in [5.41, 5.74) is 0.772. The molecule has 0 radical (unpaired) electrons. The number of hydrogen-bond donors (Lipinski definition) is 2. The minimum atomic E-state index is -3.53. The monoisotopic (exact) mass is 329 g/mol. The molecule has 0 bridgehead atoms. The van der Waals surface area contributed by atoms with Gasteiger partial charge in [-0.05, 0) is 32.5 Å². The van der Waals surface area contributed by atoms with Crippen LogP contribution in [-0.2, 0) is 23.1 Å². The van der Waals surface area contributed by atoms with Crippen LogP contribution in [0.4, 0.5) is 0 Å². The van der Waals surface area contributed by atoms with Crippen molar-refractivity contribution < 1.29 is 12.8 Å². The summed E-state index contributed by atoms with van der Waals surface area (Å²) in [6.45, 7) is 7.20. The molecular weight excluding hydrogens is 310 g/mol. The number of thiophene rings is 1. The van der Waals surface area contributed by atoms with Crippen molar-refractivity contribution in [1.82, 2.24) is 15.0 Å². The lowest BCUT2D eigenvalue weighted by atomic mass is 10.4. The highest BCUT2D eigenvalue weighted by molar-refractivity contribution is 7.91. The number of sulfonamides is 1. The van der Waals surface area contributed by atoms with Crippen molar-refractivity contribution in [2.24, 2.45) is 0 Å². The Bertz CT molecular complexity index is 685. The van der Waals surface area contributed by atoms with Crippen molar-refractivity contribution in [3.63, 3.8) is 0 Å². The fourth-order valence-corrected chi connectivity index (χ4v) is 4.03. The molecule has 2 aromatic rings. The van der Waals surface area contributed by atoms with Crippen LogP contribution in [0.15, 0.2) is 20.8 Å². The second-order valence-electron chi connectivity index (χ2n) is 4.57. The second-order valence-corrected chi connectivity index (χ2v) is 7.74. The fraction of sp³-hybridized carbons (Fsp3) is 0.462. The van der Waals surface area contributed by atoms with E-state index in [1.54, 1.807) is 13.0 Å². The van der Waals surface area contributed by atoms with Crippen molar-refractivity contribution >= 4 is 21.4 Å². The number of rotatable bonds is 7. The number of nitrogens with one attached hydrogen (secondary N) is 2. The molecule has 6 nitrogen and oxygen atoms in total. The molecule has 0 saturated carbocycles. The van der Waals surface area contributed by atoms with E-state index >= 15 is 0 Å². The van der Waals surface area contributed by atoms with E-state index in [-0.39, 0.29) is 6.54 Å². The predicted octanol–water partition coefficient (Wildman–Crippen LogP) is 1.94. The first-order valence-electron chi connectivity index (χ1n) is 6.64. The van der Waals surface area contributed by atoms with Gasteiger partial charge in [0.25, 0.3) is 10.0 Å². The number of hydrogen-bond acceptors (Lipinski definition) is 6. The second kappa shape index (κ2) is 6.69. The lowest BCUT2D eigenvalue weighted by Gasteiger charge is -2.02. The van der Waals surface area contributed by atoms with Crippen LogP contribution in [0, 0.1) is 13.8 Å². The predicted molar refractivity (Wildman–Crippen MR) is 81.7 cm³/mol. The molecular formula is C13H19N3O3S2. The third-order valence-electron chi connectivity index (χ3n) is 2.94. The Kier molecular flexibility index (Phi) is 5.15. The Labute approximate surface area is 128 Å². The van der Waals surface area contributed by atoms with Gasteiger partial charge in [0.2, 0.25) is 5.89 Å². The van der Waals surface area contributed by atoms with Crippen LogP contribution in [0.2, 0.25) is 0 Å². The molecule has 2 rings (SSSR count). The third kappa shape index (κ3) is 4.13. The highest BCUT2D eigenvalue weighted by atomic mass is 32.2. The average molecular weight is 329 g/mol. The molecule has 0 amide bonds. The highest BCUT2D eigenvalue weighted by Crippen LogP contribution is 2.21. The summed E-state index contributed by atoms with van der Waals surface area (Å²) < 4.78 is 32.6. The van der Waals surface area contributed by atoms with Crippen LogP contribution in [-0.4, -0.2) is 19.9 Å². The third-order valence-corrected chi connectivity index (χ3v) is 5.92. The normalized spacial score (nSPS) is 12.0. The first kappa shape index (κ1) is 16.2. The lowest BCUT2D eigenvalue weighted by Crippen LogP contribution is -2.22. The summed E-state index contributed by atoms with van der Waals surface area (Å²) in [7, 11) is -3.53. The molecule has 0 aliphatic carbocycles. The van der Waals surface area contributed by atoms with E-state index in [1.165, 1.54) is 11.3 Å². The van der Waals surface area contributed by atoms with Gasteiger partial charge in [-0.3, -0.25) is 0 Å². The zero-order chi connectivity index (χ0) is 15.5. The highest BCUT2D eigenvalue weighted by Gasteiger charge is 2.18. The van der Waals surface area contributed by atoms with E-state index in [0.717, 1.165) is 17.1 Å². The largest absolute Gasteiger partial charge is 0.444 e. The van der Waals surface area contributed by atoms with E-state index in [9.17, 15) is 8.42 Å². The van der Waals surface area contributed by atoms with Gasteiger partial charge in [-0.2, -0.15) is 0 Å². The van der Waals surface area contributed by atoms with Crippen molar-refractivity contribution in [1.29, 1.82) is 0 Å². The number of oxazole rings is 1. The van der Waals surface area contributed by atoms with Gasteiger partial charge in [-0.15, -0.1) is 11.3 Å². The molecule has 0 spiro atoms. The van der Waals surface area contributed by atoms with Crippen LogP contribution in [0.25, 0.3) is 0 Å². The van der Waals surface area contributed by atoms with Crippen LogP contribution < -0.4 is 10.0 Å².